The Morgan fingerprint density at radius 1 is 1.24 bits per heavy atom. The summed E-state index contributed by atoms with van der Waals surface area (Å²) in [5.41, 5.74) is 10.1. The third kappa shape index (κ3) is 3.54. The number of nitrogens with two attached hydrogens (primary N) is 1. The summed E-state index contributed by atoms with van der Waals surface area (Å²) in [5, 5.41) is 31.0. The van der Waals surface area contributed by atoms with Crippen molar-refractivity contribution in [2.45, 2.75) is 51.2 Å². The van der Waals surface area contributed by atoms with Crippen molar-refractivity contribution in [3.05, 3.63) is 46.9 Å². The van der Waals surface area contributed by atoms with Gasteiger partial charge in [0.2, 0.25) is 0 Å². The number of fused-ring (bicyclic) bond motifs is 1. The Morgan fingerprint density at radius 3 is 2.76 bits per heavy atom. The van der Waals surface area contributed by atoms with Crippen LogP contribution in [0.15, 0.2) is 29.5 Å². The Labute approximate surface area is 167 Å². The molecular weight excluding hydrogens is 378 g/mol. The maximum Gasteiger partial charge on any atom is 0.165 e. The predicted molar refractivity (Wildman–Crippen MR) is 103 cm³/mol. The van der Waals surface area contributed by atoms with Crippen LogP contribution in [0.25, 0.3) is 0 Å². The van der Waals surface area contributed by atoms with Crippen molar-refractivity contribution >= 4 is 12.2 Å². The van der Waals surface area contributed by atoms with E-state index in [-0.39, 0.29) is 0 Å². The predicted octanol–water partition coefficient (Wildman–Crippen LogP) is 0.176. The molecule has 0 saturated carbocycles. The molecule has 5 atom stereocenters. The van der Waals surface area contributed by atoms with Crippen molar-refractivity contribution in [1.29, 1.82) is 0 Å². The van der Waals surface area contributed by atoms with Crippen molar-refractivity contribution in [3.8, 4) is 0 Å². The lowest BCUT2D eigenvalue weighted by Gasteiger charge is -2.28. The van der Waals surface area contributed by atoms with Crippen molar-refractivity contribution in [2.24, 2.45) is 10.7 Å². The zero-order chi connectivity index (χ0) is 20.7. The Kier molecular flexibility index (Phi) is 5.38. The highest BCUT2D eigenvalue weighted by Gasteiger charge is 2.44. The van der Waals surface area contributed by atoms with Gasteiger partial charge in [-0.1, -0.05) is 23.8 Å². The molecule has 2 aliphatic heterocycles. The quantitative estimate of drug-likeness (QED) is 0.554. The van der Waals surface area contributed by atoms with Crippen LogP contribution >= 0.6 is 0 Å². The van der Waals surface area contributed by atoms with Crippen LogP contribution in [0, 0.1) is 13.8 Å². The van der Waals surface area contributed by atoms with E-state index in [1.54, 1.807) is 0 Å². The second-order valence-corrected chi connectivity index (χ2v) is 7.34. The van der Waals surface area contributed by atoms with Crippen molar-refractivity contribution in [2.75, 3.05) is 6.61 Å². The monoisotopic (exact) mass is 403 g/mol. The number of aryl methyl sites for hydroxylation is 2. The number of ether oxygens (including phenoxy) is 1. The number of hydrogen-bond acceptors (Lipinski definition) is 9. The summed E-state index contributed by atoms with van der Waals surface area (Å²) >= 11 is 0. The fourth-order valence-electron chi connectivity index (χ4n) is 3.52. The Bertz CT molecular complexity index is 916. The summed E-state index contributed by atoms with van der Waals surface area (Å²) < 4.78 is 7.05. The molecule has 156 valence electrons. The van der Waals surface area contributed by atoms with E-state index >= 15 is 0 Å². The zero-order valence-electron chi connectivity index (χ0n) is 16.2. The van der Waals surface area contributed by atoms with Crippen LogP contribution in [0.3, 0.4) is 0 Å². The molecule has 1 aromatic carbocycles. The number of aliphatic hydroxyl groups excluding tert-OH is 3. The first-order valence-electron chi connectivity index (χ1n) is 9.37. The molecule has 0 amide bonds. The van der Waals surface area contributed by atoms with Gasteiger partial charge in [0.25, 0.3) is 0 Å². The summed E-state index contributed by atoms with van der Waals surface area (Å²) in [7, 11) is 0. The van der Waals surface area contributed by atoms with E-state index in [0.717, 1.165) is 16.7 Å². The number of aliphatic hydroxyl groups is 3. The lowest BCUT2D eigenvalue weighted by atomic mass is 10.1. The molecule has 10 nitrogen and oxygen atoms in total. The maximum absolute atomic E-state index is 10.3. The van der Waals surface area contributed by atoms with Gasteiger partial charge in [-0.25, -0.2) is 15.0 Å². The van der Waals surface area contributed by atoms with Crippen LogP contribution in [0.4, 0.5) is 5.82 Å². The third-order valence-electron chi connectivity index (χ3n) is 5.31. The molecule has 1 aromatic heterocycles. The minimum Gasteiger partial charge on any atom is -0.394 e. The van der Waals surface area contributed by atoms with E-state index in [2.05, 4.69) is 16.0 Å². The molecule has 4 rings (SSSR count). The largest absolute Gasteiger partial charge is 0.394 e. The highest BCUT2D eigenvalue weighted by Crippen LogP contribution is 2.37. The molecule has 3 unspecified atom stereocenters. The first-order valence-corrected chi connectivity index (χ1v) is 9.37. The van der Waals surface area contributed by atoms with Gasteiger partial charge in [-0.2, -0.15) is 0 Å². The summed E-state index contributed by atoms with van der Waals surface area (Å²) in [6.07, 6.45) is -2.05. The van der Waals surface area contributed by atoms with E-state index < -0.39 is 37.3 Å². The third-order valence-corrected chi connectivity index (χ3v) is 5.31. The van der Waals surface area contributed by atoms with E-state index in [1.165, 1.54) is 22.3 Å². The van der Waals surface area contributed by atoms with Crippen molar-refractivity contribution < 1.29 is 24.9 Å². The molecule has 0 bridgehead atoms. The molecule has 5 N–H and O–H groups in total. The number of imidazole rings is 1. The number of hydrogen-bond donors (Lipinski definition) is 4. The molecular formula is C19H25N5O5. The maximum atomic E-state index is 10.3. The summed E-state index contributed by atoms with van der Waals surface area (Å²) in [5.74, 6) is 0.402. The zero-order valence-corrected chi connectivity index (χ0v) is 16.2. The van der Waals surface area contributed by atoms with E-state index in [4.69, 9.17) is 15.3 Å². The number of hydroxylamine groups is 2. The van der Waals surface area contributed by atoms with Crippen molar-refractivity contribution in [3.63, 3.8) is 0 Å². The fraction of sp³-hybridized carbons (Fsp3) is 0.474. The van der Waals surface area contributed by atoms with E-state index in [0.29, 0.717) is 18.1 Å². The summed E-state index contributed by atoms with van der Waals surface area (Å²) in [6.45, 7) is 3.96. The SMILES string of the molecule is Cc1ccc(C)c(CON2C=Nc3c(ncn3[C@@H]3O[C@H](CO)C(O)C3O)C2N)c1. The molecule has 1 saturated heterocycles. The first kappa shape index (κ1) is 20.0. The standard InChI is InChI=1S/C19H25N5O5/c1-10-3-4-11(2)12(5-10)7-28-24-9-22-18-14(17(24)20)21-8-23(18)19-16(27)15(26)13(6-25)29-19/h3-5,8-9,13,15-17,19,25-27H,6-7,20H2,1-2H3/t13-,15?,16?,17?,19-/m1/s1. The van der Waals surface area contributed by atoms with Gasteiger partial charge >= 0.3 is 0 Å². The summed E-state index contributed by atoms with van der Waals surface area (Å²) in [4.78, 5) is 14.5. The highest BCUT2D eigenvalue weighted by atomic mass is 16.7. The molecule has 0 aliphatic carbocycles. The second kappa shape index (κ2) is 7.82. The van der Waals surface area contributed by atoms with Gasteiger partial charge in [0.15, 0.2) is 18.2 Å². The van der Waals surface area contributed by atoms with Crippen LogP contribution in [0.1, 0.15) is 34.8 Å². The average molecular weight is 403 g/mol. The average Bonchev–Trinajstić information content (AvgIpc) is 3.25. The number of benzene rings is 1. The van der Waals surface area contributed by atoms with Crippen LogP contribution in [-0.2, 0) is 16.2 Å². The van der Waals surface area contributed by atoms with Crippen LogP contribution in [0.2, 0.25) is 0 Å². The van der Waals surface area contributed by atoms with E-state index in [9.17, 15) is 15.3 Å². The molecule has 0 spiro atoms. The molecule has 0 radical (unpaired) electrons. The van der Waals surface area contributed by atoms with Gasteiger partial charge in [0.1, 0.15) is 37.0 Å². The Morgan fingerprint density at radius 2 is 2.03 bits per heavy atom. The fourth-order valence-corrected chi connectivity index (χ4v) is 3.52. The number of nitrogens with zero attached hydrogens (tertiary/aromatic N) is 4. The van der Waals surface area contributed by atoms with Gasteiger partial charge < -0.3 is 25.8 Å². The number of aromatic nitrogens is 2. The van der Waals surface area contributed by atoms with Crippen LogP contribution < -0.4 is 5.73 Å². The minimum absolute atomic E-state index is 0.331. The normalized spacial score (nSPS) is 28.8. The van der Waals surface area contributed by atoms with Gasteiger partial charge in [0.05, 0.1) is 12.9 Å². The molecule has 10 heteroatoms. The topological polar surface area (TPSA) is 139 Å². The Hall–Kier alpha value is -2.34. The molecule has 2 aliphatic rings. The molecule has 3 heterocycles. The first-order chi connectivity index (χ1) is 13.9. The highest BCUT2D eigenvalue weighted by molar-refractivity contribution is 5.64. The number of aliphatic imine (C=N–C) groups is 1. The van der Waals surface area contributed by atoms with Crippen LogP contribution in [-0.4, -0.2) is 61.2 Å². The van der Waals surface area contributed by atoms with Gasteiger partial charge in [-0.3, -0.25) is 9.40 Å². The van der Waals surface area contributed by atoms with Gasteiger partial charge in [-0.15, -0.1) is 0 Å². The van der Waals surface area contributed by atoms with Gasteiger partial charge in [-0.05, 0) is 25.0 Å². The van der Waals surface area contributed by atoms with E-state index in [1.807, 2.05) is 26.0 Å². The van der Waals surface area contributed by atoms with Crippen molar-refractivity contribution in [1.82, 2.24) is 14.6 Å². The number of rotatable bonds is 5. The van der Waals surface area contributed by atoms with Gasteiger partial charge in [0, 0.05) is 0 Å². The molecule has 2 aromatic rings. The lowest BCUT2D eigenvalue weighted by Crippen LogP contribution is -2.36. The van der Waals surface area contributed by atoms with Crippen LogP contribution in [0.5, 0.6) is 0 Å². The second-order valence-electron chi connectivity index (χ2n) is 7.34. The smallest absolute Gasteiger partial charge is 0.165 e. The summed E-state index contributed by atoms with van der Waals surface area (Å²) in [6, 6.07) is 6.15. The minimum atomic E-state index is -1.23. The molecule has 1 fully saturated rings. The molecule has 29 heavy (non-hydrogen) atoms. The Balaban J connectivity index is 1.50. The lowest BCUT2D eigenvalue weighted by molar-refractivity contribution is -0.137.